The topological polar surface area (TPSA) is 57.6 Å². The van der Waals surface area contributed by atoms with Gasteiger partial charge in [0, 0.05) is 12.1 Å². The van der Waals surface area contributed by atoms with Gasteiger partial charge in [0.2, 0.25) is 0 Å². The molecule has 0 aliphatic heterocycles. The number of likely N-dealkylation sites (N-methyl/N-ethyl adjacent to an activating group) is 1. The minimum Gasteiger partial charge on any atom is -0.479 e. The Balaban J connectivity index is 3.12. The molecular weight excluding hydrogens is 287 g/mol. The Kier molecular flexibility index (Phi) is 4.41. The van der Waals surface area contributed by atoms with Crippen LogP contribution in [0.2, 0.25) is 5.02 Å². The van der Waals surface area contributed by atoms with Crippen molar-refractivity contribution in [3.63, 3.8) is 0 Å². The van der Waals surface area contributed by atoms with Crippen molar-refractivity contribution in [1.82, 2.24) is 4.90 Å². The number of halogens is 4. The number of hydrogen-bond donors (Lipinski definition) is 1. The van der Waals surface area contributed by atoms with Crippen molar-refractivity contribution < 1.29 is 27.9 Å². The van der Waals surface area contributed by atoms with E-state index < -0.39 is 24.1 Å². The number of nitrogens with zero attached hydrogens (tertiary/aromatic N) is 1. The Bertz CT molecular complexity index is 487. The molecule has 1 rings (SSSR count). The molecule has 4 nitrogen and oxygen atoms in total. The van der Waals surface area contributed by atoms with E-state index in [-0.39, 0.29) is 10.5 Å². The molecule has 0 radical (unpaired) electrons. The van der Waals surface area contributed by atoms with Gasteiger partial charge in [-0.15, -0.1) is 0 Å². The number of amides is 1. The number of alkyl halides is 3. The van der Waals surface area contributed by atoms with Crippen LogP contribution in [0, 0.1) is 0 Å². The monoisotopic (exact) mass is 295 g/mol. The SMILES string of the molecule is CN(C(=O)C(F)(F)F)[C@H](C(=O)O)c1ccc(Cl)cc1. The van der Waals surface area contributed by atoms with Gasteiger partial charge in [0.05, 0.1) is 0 Å². The Morgan fingerprint density at radius 3 is 2.11 bits per heavy atom. The third-order valence-electron chi connectivity index (χ3n) is 2.37. The summed E-state index contributed by atoms with van der Waals surface area (Å²) < 4.78 is 36.9. The van der Waals surface area contributed by atoms with Gasteiger partial charge in [0.25, 0.3) is 0 Å². The summed E-state index contributed by atoms with van der Waals surface area (Å²) in [5.74, 6) is -3.79. The lowest BCUT2D eigenvalue weighted by Crippen LogP contribution is -2.43. The third-order valence-corrected chi connectivity index (χ3v) is 2.62. The van der Waals surface area contributed by atoms with Gasteiger partial charge in [-0.2, -0.15) is 13.2 Å². The van der Waals surface area contributed by atoms with E-state index in [0.717, 1.165) is 7.05 Å². The molecule has 19 heavy (non-hydrogen) atoms. The van der Waals surface area contributed by atoms with Crippen molar-refractivity contribution in [1.29, 1.82) is 0 Å². The zero-order chi connectivity index (χ0) is 14.8. The standard InChI is InChI=1S/C11H9ClF3NO3/c1-16(10(19)11(13,14)15)8(9(17)18)6-2-4-7(12)5-3-6/h2-5,8H,1H3,(H,17,18)/t8-/m0/s1. The van der Waals surface area contributed by atoms with Gasteiger partial charge < -0.3 is 10.0 Å². The van der Waals surface area contributed by atoms with Crippen LogP contribution in [0.4, 0.5) is 13.2 Å². The molecule has 0 aliphatic carbocycles. The van der Waals surface area contributed by atoms with Crippen LogP contribution in [0.15, 0.2) is 24.3 Å². The van der Waals surface area contributed by atoms with Crippen LogP contribution in [-0.2, 0) is 9.59 Å². The molecule has 0 saturated heterocycles. The highest BCUT2D eigenvalue weighted by Crippen LogP contribution is 2.26. The predicted octanol–water partition coefficient (Wildman–Crippen LogP) is 2.49. The maximum Gasteiger partial charge on any atom is 0.471 e. The highest BCUT2D eigenvalue weighted by molar-refractivity contribution is 6.30. The van der Waals surface area contributed by atoms with Crippen LogP contribution < -0.4 is 0 Å². The number of aliphatic carboxylic acids is 1. The fourth-order valence-electron chi connectivity index (χ4n) is 1.49. The van der Waals surface area contributed by atoms with Gasteiger partial charge in [-0.1, -0.05) is 23.7 Å². The first kappa shape index (κ1) is 15.3. The number of benzene rings is 1. The zero-order valence-corrected chi connectivity index (χ0v) is 10.4. The van der Waals surface area contributed by atoms with Crippen molar-refractivity contribution in [2.75, 3.05) is 7.05 Å². The predicted molar refractivity (Wildman–Crippen MR) is 60.7 cm³/mol. The number of carbonyl (C=O) groups excluding carboxylic acids is 1. The summed E-state index contributed by atoms with van der Waals surface area (Å²) in [6.07, 6.45) is -5.13. The molecule has 0 fully saturated rings. The van der Waals surface area contributed by atoms with Crippen LogP contribution in [-0.4, -0.2) is 35.1 Å². The fraction of sp³-hybridized carbons (Fsp3) is 0.273. The van der Waals surface area contributed by atoms with Crippen molar-refractivity contribution in [3.05, 3.63) is 34.9 Å². The summed E-state index contributed by atoms with van der Waals surface area (Å²) in [5, 5.41) is 9.29. The zero-order valence-electron chi connectivity index (χ0n) is 9.61. The summed E-state index contributed by atoms with van der Waals surface area (Å²) in [7, 11) is 0.781. The highest BCUT2D eigenvalue weighted by Gasteiger charge is 2.45. The van der Waals surface area contributed by atoms with E-state index in [1.54, 1.807) is 0 Å². The molecule has 1 amide bonds. The molecule has 1 N–H and O–H groups in total. The van der Waals surface area contributed by atoms with Crippen LogP contribution in [0.25, 0.3) is 0 Å². The number of carboxylic acid groups (broad SMARTS) is 1. The number of hydrogen-bond acceptors (Lipinski definition) is 2. The Labute approximate surface area is 111 Å². The van der Waals surface area contributed by atoms with Crippen LogP contribution in [0.5, 0.6) is 0 Å². The van der Waals surface area contributed by atoms with Gasteiger partial charge in [-0.05, 0) is 17.7 Å². The van der Waals surface area contributed by atoms with E-state index in [1.165, 1.54) is 24.3 Å². The quantitative estimate of drug-likeness (QED) is 0.932. The van der Waals surface area contributed by atoms with Gasteiger partial charge >= 0.3 is 18.1 Å². The first-order chi connectivity index (χ1) is 8.64. The number of carboxylic acids is 1. The molecule has 1 atom stereocenters. The van der Waals surface area contributed by atoms with Gasteiger partial charge in [0.1, 0.15) is 0 Å². The van der Waals surface area contributed by atoms with Crippen LogP contribution in [0.1, 0.15) is 11.6 Å². The first-order valence-electron chi connectivity index (χ1n) is 4.97. The molecule has 1 aromatic carbocycles. The second-order valence-electron chi connectivity index (χ2n) is 3.71. The van der Waals surface area contributed by atoms with E-state index in [2.05, 4.69) is 0 Å². The van der Waals surface area contributed by atoms with E-state index in [0.29, 0.717) is 5.02 Å². The summed E-state index contributed by atoms with van der Waals surface area (Å²) in [4.78, 5) is 22.3. The van der Waals surface area contributed by atoms with E-state index in [9.17, 15) is 22.8 Å². The van der Waals surface area contributed by atoms with Crippen LogP contribution in [0.3, 0.4) is 0 Å². The number of rotatable bonds is 3. The minimum atomic E-state index is -5.13. The van der Waals surface area contributed by atoms with Crippen LogP contribution >= 0.6 is 11.6 Å². The minimum absolute atomic E-state index is 0.0250. The van der Waals surface area contributed by atoms with E-state index >= 15 is 0 Å². The molecule has 0 heterocycles. The largest absolute Gasteiger partial charge is 0.479 e. The number of carbonyl (C=O) groups is 2. The van der Waals surface area contributed by atoms with Crippen molar-refractivity contribution in [2.45, 2.75) is 12.2 Å². The fourth-order valence-corrected chi connectivity index (χ4v) is 1.62. The van der Waals surface area contributed by atoms with Crippen molar-refractivity contribution >= 4 is 23.5 Å². The lowest BCUT2D eigenvalue weighted by atomic mass is 10.1. The molecule has 104 valence electrons. The molecule has 0 saturated carbocycles. The lowest BCUT2D eigenvalue weighted by Gasteiger charge is -2.25. The average Bonchev–Trinajstić information content (AvgIpc) is 2.29. The summed E-state index contributed by atoms with van der Waals surface area (Å²) in [5.41, 5.74) is 0.0250. The van der Waals surface area contributed by atoms with E-state index in [1.807, 2.05) is 0 Å². The van der Waals surface area contributed by atoms with Gasteiger partial charge in [-0.3, -0.25) is 4.79 Å². The molecule has 0 unspecified atom stereocenters. The second-order valence-corrected chi connectivity index (χ2v) is 4.14. The summed E-state index contributed by atoms with van der Waals surface area (Å²) in [6, 6.07) is 3.44. The molecular formula is C11H9ClF3NO3. The Hall–Kier alpha value is -1.76. The Morgan fingerprint density at radius 2 is 1.74 bits per heavy atom. The summed E-state index contributed by atoms with van der Waals surface area (Å²) >= 11 is 5.60. The third kappa shape index (κ3) is 3.60. The van der Waals surface area contributed by atoms with Gasteiger partial charge in [0.15, 0.2) is 6.04 Å². The first-order valence-corrected chi connectivity index (χ1v) is 5.34. The summed E-state index contributed by atoms with van der Waals surface area (Å²) in [6.45, 7) is 0. The van der Waals surface area contributed by atoms with Gasteiger partial charge in [-0.25, -0.2) is 4.79 Å². The Morgan fingerprint density at radius 1 is 1.26 bits per heavy atom. The highest BCUT2D eigenvalue weighted by atomic mass is 35.5. The van der Waals surface area contributed by atoms with Crippen molar-refractivity contribution in [2.24, 2.45) is 0 Å². The molecule has 0 aromatic heterocycles. The average molecular weight is 296 g/mol. The molecule has 0 spiro atoms. The molecule has 0 bridgehead atoms. The lowest BCUT2D eigenvalue weighted by molar-refractivity contribution is -0.188. The normalized spacial score (nSPS) is 12.9. The maximum absolute atomic E-state index is 12.3. The van der Waals surface area contributed by atoms with E-state index in [4.69, 9.17) is 16.7 Å². The molecule has 8 heteroatoms. The second kappa shape index (κ2) is 5.48. The molecule has 1 aromatic rings. The van der Waals surface area contributed by atoms with Crippen molar-refractivity contribution in [3.8, 4) is 0 Å². The molecule has 0 aliphatic rings. The maximum atomic E-state index is 12.3. The smallest absolute Gasteiger partial charge is 0.471 e.